The van der Waals surface area contributed by atoms with Crippen molar-refractivity contribution in [2.45, 2.75) is 33.8 Å². The SMILES string of the molecule is O=S(CC[C@@H]1OCC[C@@]2(S(=O)(=O)c3ccc(Cl)cc3)c3c(F)ccc(F)c3OCC12)C1COC1. The van der Waals surface area contributed by atoms with Crippen LogP contribution in [0.2, 0.25) is 5.02 Å². The zero-order valence-corrected chi connectivity index (χ0v) is 20.4. The predicted molar refractivity (Wildman–Crippen MR) is 122 cm³/mol. The monoisotopic (exact) mass is 532 g/mol. The molecular weight excluding hydrogens is 510 g/mol. The van der Waals surface area contributed by atoms with Gasteiger partial charge < -0.3 is 14.2 Å². The van der Waals surface area contributed by atoms with Crippen molar-refractivity contribution in [3.8, 4) is 5.75 Å². The van der Waals surface area contributed by atoms with Crippen LogP contribution < -0.4 is 4.74 Å². The van der Waals surface area contributed by atoms with Gasteiger partial charge in [0.1, 0.15) is 10.6 Å². The molecule has 2 fully saturated rings. The largest absolute Gasteiger partial charge is 0.490 e. The molecule has 6 nitrogen and oxygen atoms in total. The van der Waals surface area contributed by atoms with E-state index in [2.05, 4.69) is 0 Å². The van der Waals surface area contributed by atoms with Crippen molar-refractivity contribution in [3.63, 3.8) is 0 Å². The molecule has 0 bridgehead atoms. The zero-order chi connectivity index (χ0) is 24.1. The fourth-order valence-electron chi connectivity index (χ4n) is 5.10. The first-order chi connectivity index (χ1) is 16.3. The standard InChI is InChI=1S/C23H23ClF2O6S2/c24-14-1-3-16(4-2-14)34(28,29)23-8-9-31-20(7-10-33(27)15-11-30-12-15)17(23)13-32-22-19(26)6-5-18(25)21(22)23/h1-6,15,17,20H,7-13H2/t17?,20-,23-,33?/m0/s1. The average Bonchev–Trinajstić information content (AvgIpc) is 2.78. The second-order valence-corrected chi connectivity index (χ2v) is 13.2. The second kappa shape index (κ2) is 9.13. The van der Waals surface area contributed by atoms with E-state index in [0.717, 1.165) is 12.1 Å². The molecule has 2 unspecified atom stereocenters. The fraction of sp³-hybridized carbons (Fsp3) is 0.478. The van der Waals surface area contributed by atoms with Crippen LogP contribution in [-0.4, -0.2) is 56.2 Å². The summed E-state index contributed by atoms with van der Waals surface area (Å²) in [4.78, 5) is -0.0470. The van der Waals surface area contributed by atoms with Gasteiger partial charge in [-0.05, 0) is 49.2 Å². The lowest BCUT2D eigenvalue weighted by molar-refractivity contribution is -0.0732. The summed E-state index contributed by atoms with van der Waals surface area (Å²) in [5.74, 6) is -2.61. The Balaban J connectivity index is 1.61. The number of hydrogen-bond donors (Lipinski definition) is 0. The molecule has 2 aromatic rings. The molecular formula is C23H23ClF2O6S2. The molecule has 0 saturated carbocycles. The van der Waals surface area contributed by atoms with E-state index in [1.54, 1.807) is 0 Å². The van der Waals surface area contributed by atoms with Crippen molar-refractivity contribution >= 4 is 32.2 Å². The maximum absolute atomic E-state index is 15.3. The van der Waals surface area contributed by atoms with Gasteiger partial charge in [-0.1, -0.05) is 11.6 Å². The van der Waals surface area contributed by atoms with Crippen molar-refractivity contribution in [1.82, 2.24) is 0 Å². The van der Waals surface area contributed by atoms with E-state index in [1.807, 2.05) is 0 Å². The first-order valence-corrected chi connectivity index (χ1v) is 14.2. The van der Waals surface area contributed by atoms with Gasteiger partial charge in [0.15, 0.2) is 21.4 Å². The van der Waals surface area contributed by atoms with Crippen molar-refractivity contribution in [2.75, 3.05) is 32.2 Å². The summed E-state index contributed by atoms with van der Waals surface area (Å²) < 4.78 is 85.9. The van der Waals surface area contributed by atoms with Crippen molar-refractivity contribution in [3.05, 3.63) is 58.6 Å². The molecule has 2 aromatic carbocycles. The van der Waals surface area contributed by atoms with Gasteiger partial charge in [-0.2, -0.15) is 0 Å². The van der Waals surface area contributed by atoms with E-state index < -0.39 is 49.0 Å². The Morgan fingerprint density at radius 2 is 1.76 bits per heavy atom. The summed E-state index contributed by atoms with van der Waals surface area (Å²) in [5, 5.41) is 0.297. The highest BCUT2D eigenvalue weighted by molar-refractivity contribution is 7.92. The van der Waals surface area contributed by atoms with Crippen LogP contribution in [0.1, 0.15) is 18.4 Å². The van der Waals surface area contributed by atoms with Crippen LogP contribution in [0.15, 0.2) is 41.3 Å². The number of sulfone groups is 1. The molecule has 2 saturated heterocycles. The number of fused-ring (bicyclic) bond motifs is 3. The first-order valence-electron chi connectivity index (χ1n) is 10.9. The Bertz CT molecular complexity index is 1220. The molecule has 184 valence electrons. The molecule has 3 aliphatic heterocycles. The normalized spacial score (nSPS) is 27.7. The smallest absolute Gasteiger partial charge is 0.189 e. The summed E-state index contributed by atoms with van der Waals surface area (Å²) in [7, 11) is -5.42. The summed E-state index contributed by atoms with van der Waals surface area (Å²) in [6.07, 6.45) is -0.451. The van der Waals surface area contributed by atoms with E-state index in [0.29, 0.717) is 24.7 Å². The molecule has 0 radical (unpaired) electrons. The third-order valence-corrected chi connectivity index (χ3v) is 11.4. The third kappa shape index (κ3) is 3.78. The molecule has 3 heterocycles. The summed E-state index contributed by atoms with van der Waals surface area (Å²) in [5.41, 5.74) is -0.305. The van der Waals surface area contributed by atoms with Gasteiger partial charge in [0.25, 0.3) is 0 Å². The lowest BCUT2D eigenvalue weighted by Gasteiger charge is -2.50. The van der Waals surface area contributed by atoms with Gasteiger partial charge in [-0.15, -0.1) is 0 Å². The summed E-state index contributed by atoms with van der Waals surface area (Å²) >= 11 is 5.96. The van der Waals surface area contributed by atoms with E-state index in [-0.39, 0.29) is 46.8 Å². The molecule has 0 N–H and O–H groups in total. The van der Waals surface area contributed by atoms with Crippen LogP contribution in [0.5, 0.6) is 5.75 Å². The minimum Gasteiger partial charge on any atom is -0.490 e. The van der Waals surface area contributed by atoms with E-state index >= 15 is 4.39 Å². The average molecular weight is 533 g/mol. The van der Waals surface area contributed by atoms with Gasteiger partial charge in [0, 0.05) is 34.1 Å². The Kier molecular flexibility index (Phi) is 6.48. The van der Waals surface area contributed by atoms with Gasteiger partial charge in [0.05, 0.1) is 41.6 Å². The Morgan fingerprint density at radius 3 is 2.44 bits per heavy atom. The summed E-state index contributed by atoms with van der Waals surface area (Å²) in [6.45, 7) is 0.696. The van der Waals surface area contributed by atoms with Gasteiger partial charge >= 0.3 is 0 Å². The number of ether oxygens (including phenoxy) is 3. The Morgan fingerprint density at radius 1 is 1.06 bits per heavy atom. The highest BCUT2D eigenvalue weighted by Gasteiger charge is 2.61. The number of hydrogen-bond acceptors (Lipinski definition) is 6. The molecule has 0 aliphatic carbocycles. The quantitative estimate of drug-likeness (QED) is 0.565. The molecule has 34 heavy (non-hydrogen) atoms. The fourth-order valence-corrected chi connectivity index (χ4v) is 8.86. The molecule has 4 atom stereocenters. The second-order valence-electron chi connectivity index (χ2n) is 8.69. The van der Waals surface area contributed by atoms with Crippen LogP contribution in [-0.2, 0) is 34.9 Å². The Labute approximate surface area is 203 Å². The molecule has 11 heteroatoms. The highest BCUT2D eigenvalue weighted by Crippen LogP contribution is 2.55. The predicted octanol–water partition coefficient (Wildman–Crippen LogP) is 3.62. The van der Waals surface area contributed by atoms with Crippen molar-refractivity contribution < 1.29 is 35.6 Å². The van der Waals surface area contributed by atoms with E-state index in [9.17, 15) is 17.0 Å². The minimum absolute atomic E-state index is 0.0164. The first kappa shape index (κ1) is 24.1. The number of benzene rings is 2. The molecule has 5 rings (SSSR count). The van der Waals surface area contributed by atoms with Crippen molar-refractivity contribution in [2.24, 2.45) is 5.92 Å². The maximum atomic E-state index is 15.3. The lowest BCUT2D eigenvalue weighted by Crippen LogP contribution is -2.57. The van der Waals surface area contributed by atoms with Crippen LogP contribution in [0.4, 0.5) is 8.78 Å². The minimum atomic E-state index is -4.26. The molecule has 0 aromatic heterocycles. The van der Waals surface area contributed by atoms with Crippen LogP contribution in [0, 0.1) is 17.6 Å². The maximum Gasteiger partial charge on any atom is 0.189 e. The Hall–Kier alpha value is -1.59. The van der Waals surface area contributed by atoms with Crippen LogP contribution in [0.3, 0.4) is 0 Å². The molecule has 0 amide bonds. The lowest BCUT2D eigenvalue weighted by atomic mass is 9.75. The zero-order valence-electron chi connectivity index (χ0n) is 18.0. The topological polar surface area (TPSA) is 78.9 Å². The van der Waals surface area contributed by atoms with Gasteiger partial charge in [0.2, 0.25) is 0 Å². The van der Waals surface area contributed by atoms with Crippen LogP contribution in [0.25, 0.3) is 0 Å². The highest BCUT2D eigenvalue weighted by atomic mass is 35.5. The molecule has 0 spiro atoms. The third-order valence-electron chi connectivity index (χ3n) is 6.93. The molecule has 3 aliphatic rings. The summed E-state index contributed by atoms with van der Waals surface area (Å²) in [6, 6.07) is 7.48. The van der Waals surface area contributed by atoms with E-state index in [4.69, 9.17) is 25.8 Å². The van der Waals surface area contributed by atoms with Crippen molar-refractivity contribution in [1.29, 1.82) is 0 Å². The van der Waals surface area contributed by atoms with Crippen LogP contribution >= 0.6 is 11.6 Å². The van der Waals surface area contributed by atoms with Gasteiger partial charge in [-0.3, -0.25) is 4.21 Å². The number of rotatable bonds is 6. The van der Waals surface area contributed by atoms with E-state index in [1.165, 1.54) is 24.3 Å². The van der Waals surface area contributed by atoms with Gasteiger partial charge in [-0.25, -0.2) is 17.2 Å². The number of halogens is 3.